The molecule has 0 aliphatic heterocycles. The highest BCUT2D eigenvalue weighted by Crippen LogP contribution is 1.99. The molecule has 0 aromatic heterocycles. The molecule has 0 aliphatic rings. The van der Waals surface area contributed by atoms with Crippen LogP contribution in [0, 0.1) is 0 Å². The predicted octanol–water partition coefficient (Wildman–Crippen LogP) is -1.32. The van der Waals surface area contributed by atoms with Gasteiger partial charge in [-0.05, 0) is 18.4 Å². The normalized spacial score (nSPS) is 13.4. The third-order valence-corrected chi connectivity index (χ3v) is 3.21. The summed E-state index contributed by atoms with van der Waals surface area (Å²) in [6.07, 6.45) is 2.41. The van der Waals surface area contributed by atoms with Gasteiger partial charge in [-0.25, -0.2) is 0 Å². The van der Waals surface area contributed by atoms with Crippen molar-refractivity contribution in [1.29, 1.82) is 0 Å². The summed E-state index contributed by atoms with van der Waals surface area (Å²) < 4.78 is 0. The van der Waals surface area contributed by atoms with E-state index in [4.69, 9.17) is 10.8 Å². The Morgan fingerprint density at radius 2 is 2.00 bits per heavy atom. The maximum Gasteiger partial charge on any atom is 0.322 e. The molecule has 0 aromatic carbocycles. The Kier molecular flexibility index (Phi) is 9.44. The van der Waals surface area contributed by atoms with E-state index in [-0.39, 0.29) is 5.75 Å². The van der Waals surface area contributed by atoms with Gasteiger partial charge in [0, 0.05) is 5.75 Å². The number of aliphatic carboxylic acids is 1. The molecule has 0 unspecified atom stereocenters. The number of carboxylic acid groups (broad SMARTS) is 1. The quantitative estimate of drug-likeness (QED) is 0.337. The van der Waals surface area contributed by atoms with E-state index in [1.807, 2.05) is 6.26 Å². The summed E-state index contributed by atoms with van der Waals surface area (Å²) in [5, 5.41) is 13.1. The van der Waals surface area contributed by atoms with E-state index >= 15 is 0 Å². The highest BCUT2D eigenvalue weighted by molar-refractivity contribution is 7.98. The van der Waals surface area contributed by atoms with Crippen molar-refractivity contribution in [3.05, 3.63) is 0 Å². The first-order chi connectivity index (χ1) is 8.92. The van der Waals surface area contributed by atoms with E-state index in [2.05, 4.69) is 23.3 Å². The number of amides is 2. The fourth-order valence-corrected chi connectivity index (χ4v) is 1.88. The summed E-state index contributed by atoms with van der Waals surface area (Å²) in [6, 6.07) is -1.59. The molecule has 0 saturated carbocycles. The molecule has 0 radical (unpaired) electrons. The van der Waals surface area contributed by atoms with E-state index in [1.165, 1.54) is 0 Å². The molecule has 9 heteroatoms. The molecule has 110 valence electrons. The lowest BCUT2D eigenvalue weighted by molar-refractivity contribution is -0.138. The van der Waals surface area contributed by atoms with Gasteiger partial charge in [-0.1, -0.05) is 0 Å². The second kappa shape index (κ2) is 9.93. The number of thioether (sulfide) groups is 1. The zero-order chi connectivity index (χ0) is 14.8. The van der Waals surface area contributed by atoms with Gasteiger partial charge in [0.25, 0.3) is 0 Å². The molecule has 2 amide bonds. The topological polar surface area (TPSA) is 122 Å². The van der Waals surface area contributed by atoms with E-state index < -0.39 is 36.4 Å². The summed E-state index contributed by atoms with van der Waals surface area (Å²) in [4.78, 5) is 33.6. The van der Waals surface area contributed by atoms with Gasteiger partial charge in [0.05, 0.1) is 6.04 Å². The number of carboxylic acids is 1. The van der Waals surface area contributed by atoms with Crippen LogP contribution in [0.15, 0.2) is 0 Å². The van der Waals surface area contributed by atoms with Crippen LogP contribution in [0.5, 0.6) is 0 Å². The monoisotopic (exact) mass is 309 g/mol. The fraction of sp³-hybridized carbons (Fsp3) is 0.700. The number of hydrogen-bond acceptors (Lipinski definition) is 6. The average molecular weight is 309 g/mol. The van der Waals surface area contributed by atoms with Crippen molar-refractivity contribution in [3.8, 4) is 0 Å². The number of nitrogens with two attached hydrogens (primary N) is 1. The zero-order valence-electron chi connectivity index (χ0n) is 10.6. The number of carbonyl (C=O) groups is 3. The fourth-order valence-electron chi connectivity index (χ4n) is 1.13. The minimum Gasteiger partial charge on any atom is -0.480 e. The molecule has 0 aliphatic carbocycles. The van der Waals surface area contributed by atoms with Crippen LogP contribution in [0.2, 0.25) is 0 Å². The zero-order valence-corrected chi connectivity index (χ0v) is 12.3. The van der Waals surface area contributed by atoms with E-state index in [1.54, 1.807) is 11.8 Å². The minimum atomic E-state index is -1.16. The first-order valence-corrected chi connectivity index (χ1v) is 7.60. The summed E-state index contributed by atoms with van der Waals surface area (Å²) in [7, 11) is 0. The van der Waals surface area contributed by atoms with E-state index in [9.17, 15) is 14.4 Å². The first-order valence-electron chi connectivity index (χ1n) is 5.57. The number of rotatable bonds is 9. The van der Waals surface area contributed by atoms with Gasteiger partial charge in [0.15, 0.2) is 0 Å². The lowest BCUT2D eigenvalue weighted by atomic mass is 10.2. The number of hydrogen-bond donors (Lipinski definition) is 5. The van der Waals surface area contributed by atoms with Gasteiger partial charge in [-0.3, -0.25) is 14.4 Å². The SMILES string of the molecule is CSCC[C@H](N)C(=O)N[C@@H](CS)C(=O)NCC(=O)O. The lowest BCUT2D eigenvalue weighted by Crippen LogP contribution is -2.53. The van der Waals surface area contributed by atoms with Gasteiger partial charge in [0.2, 0.25) is 11.8 Å². The molecule has 19 heavy (non-hydrogen) atoms. The maximum absolute atomic E-state index is 11.7. The second-order valence-electron chi connectivity index (χ2n) is 3.74. The summed E-state index contributed by atoms with van der Waals surface area (Å²) in [5.41, 5.74) is 5.65. The third-order valence-electron chi connectivity index (χ3n) is 2.20. The van der Waals surface area contributed by atoms with Crippen LogP contribution in [0.1, 0.15) is 6.42 Å². The Morgan fingerprint density at radius 1 is 1.37 bits per heavy atom. The number of nitrogens with one attached hydrogen (secondary N) is 2. The maximum atomic E-state index is 11.7. The lowest BCUT2D eigenvalue weighted by Gasteiger charge is -2.18. The number of thiol groups is 1. The van der Waals surface area contributed by atoms with Crippen molar-refractivity contribution in [2.75, 3.05) is 24.3 Å². The molecular weight excluding hydrogens is 290 g/mol. The van der Waals surface area contributed by atoms with Crippen LogP contribution < -0.4 is 16.4 Å². The Hall–Kier alpha value is -0.930. The molecule has 0 saturated heterocycles. The molecule has 0 fully saturated rings. The highest BCUT2D eigenvalue weighted by Gasteiger charge is 2.22. The van der Waals surface area contributed by atoms with Crippen molar-refractivity contribution >= 4 is 42.2 Å². The Labute approximate surface area is 121 Å². The Balaban J connectivity index is 4.26. The molecular formula is C10H19N3O4S2. The Bertz CT molecular complexity index is 328. The van der Waals surface area contributed by atoms with Gasteiger partial charge < -0.3 is 21.5 Å². The van der Waals surface area contributed by atoms with Crippen LogP contribution >= 0.6 is 24.4 Å². The van der Waals surface area contributed by atoms with Crippen molar-refractivity contribution in [3.63, 3.8) is 0 Å². The van der Waals surface area contributed by atoms with Gasteiger partial charge in [0.1, 0.15) is 12.6 Å². The molecule has 0 aromatic rings. The summed E-state index contributed by atoms with van der Waals surface area (Å²) in [6.45, 7) is -0.502. The molecule has 2 atom stereocenters. The first kappa shape index (κ1) is 18.1. The molecule has 0 rings (SSSR count). The number of carbonyl (C=O) groups excluding carboxylic acids is 2. The molecule has 0 spiro atoms. The minimum absolute atomic E-state index is 0.0619. The van der Waals surface area contributed by atoms with Gasteiger partial charge in [-0.2, -0.15) is 24.4 Å². The molecule has 0 bridgehead atoms. The Morgan fingerprint density at radius 3 is 2.47 bits per heavy atom. The summed E-state index contributed by atoms with van der Waals surface area (Å²) in [5.74, 6) is -1.40. The van der Waals surface area contributed by atoms with Crippen LogP contribution in [0.4, 0.5) is 0 Å². The van der Waals surface area contributed by atoms with Crippen molar-refractivity contribution in [1.82, 2.24) is 10.6 Å². The van der Waals surface area contributed by atoms with Crippen molar-refractivity contribution in [2.45, 2.75) is 18.5 Å². The van der Waals surface area contributed by atoms with Crippen LogP contribution in [0.3, 0.4) is 0 Å². The molecule has 5 N–H and O–H groups in total. The van der Waals surface area contributed by atoms with E-state index in [0.29, 0.717) is 6.42 Å². The summed E-state index contributed by atoms with van der Waals surface area (Å²) >= 11 is 5.52. The highest BCUT2D eigenvalue weighted by atomic mass is 32.2. The molecule has 0 heterocycles. The van der Waals surface area contributed by atoms with Crippen LogP contribution in [0.25, 0.3) is 0 Å². The van der Waals surface area contributed by atoms with Crippen LogP contribution in [-0.2, 0) is 14.4 Å². The van der Waals surface area contributed by atoms with E-state index in [0.717, 1.165) is 5.75 Å². The predicted molar refractivity (Wildman–Crippen MR) is 77.4 cm³/mol. The van der Waals surface area contributed by atoms with Gasteiger partial charge in [-0.15, -0.1) is 0 Å². The van der Waals surface area contributed by atoms with Crippen molar-refractivity contribution in [2.24, 2.45) is 5.73 Å². The molecule has 7 nitrogen and oxygen atoms in total. The van der Waals surface area contributed by atoms with Crippen molar-refractivity contribution < 1.29 is 19.5 Å². The van der Waals surface area contributed by atoms with Gasteiger partial charge >= 0.3 is 5.97 Å². The third kappa shape index (κ3) is 7.96. The van der Waals surface area contributed by atoms with Crippen LogP contribution in [-0.4, -0.2) is 59.3 Å². The second-order valence-corrected chi connectivity index (χ2v) is 5.09. The largest absolute Gasteiger partial charge is 0.480 e. The smallest absolute Gasteiger partial charge is 0.322 e. The average Bonchev–Trinajstić information content (AvgIpc) is 2.38. The standard InChI is InChI=1S/C10H19N3O4S2/c1-19-3-2-6(11)9(16)13-7(5-18)10(17)12-4-8(14)15/h6-7,18H,2-5,11H2,1H3,(H,12,17)(H,13,16)(H,14,15)/t6-,7-/m0/s1.